The number of ether oxygens (including phenoxy) is 2. The molecule has 1 aromatic rings. The van der Waals surface area contributed by atoms with Gasteiger partial charge in [-0.2, -0.15) is 0 Å². The van der Waals surface area contributed by atoms with Crippen molar-refractivity contribution >= 4 is 29.9 Å². The van der Waals surface area contributed by atoms with Crippen LogP contribution in [0.4, 0.5) is 4.39 Å². The number of hydrogen-bond donors (Lipinski definition) is 1. The maximum absolute atomic E-state index is 14.0. The minimum absolute atomic E-state index is 0. The second-order valence-electron chi connectivity index (χ2n) is 7.81. The first kappa shape index (κ1) is 22.2. The van der Waals surface area contributed by atoms with Crippen LogP contribution in [-0.2, 0) is 11.3 Å². The molecule has 3 atom stereocenters. The van der Waals surface area contributed by atoms with Gasteiger partial charge in [0.2, 0.25) is 0 Å². The van der Waals surface area contributed by atoms with Crippen molar-refractivity contribution in [1.82, 2.24) is 10.2 Å². The van der Waals surface area contributed by atoms with Crippen LogP contribution in [-0.4, -0.2) is 50.3 Å². The minimum atomic E-state index is -0.341. The second kappa shape index (κ2) is 8.94. The Balaban J connectivity index is 0.00000261. The topological polar surface area (TPSA) is 46.1 Å². The molecule has 1 aromatic carbocycles. The minimum Gasteiger partial charge on any atom is -0.494 e. The van der Waals surface area contributed by atoms with E-state index in [1.165, 1.54) is 13.2 Å². The molecule has 5 nitrogen and oxygen atoms in total. The van der Waals surface area contributed by atoms with Crippen LogP contribution < -0.4 is 10.1 Å². The average molecular weight is 491 g/mol. The molecule has 0 amide bonds. The SMILES string of the molecule is CCN=C(NC1C2CCOC2C1(C)C)N(C)Cc1ccc(OC)c(F)c1.I. The predicted molar refractivity (Wildman–Crippen MR) is 116 cm³/mol. The van der Waals surface area contributed by atoms with Crippen molar-refractivity contribution in [3.63, 3.8) is 0 Å². The van der Waals surface area contributed by atoms with Crippen molar-refractivity contribution in [3.05, 3.63) is 29.6 Å². The van der Waals surface area contributed by atoms with Gasteiger partial charge in [0.05, 0.1) is 13.2 Å². The van der Waals surface area contributed by atoms with Crippen LogP contribution in [0, 0.1) is 17.2 Å². The van der Waals surface area contributed by atoms with Crippen LogP contribution in [0.3, 0.4) is 0 Å². The van der Waals surface area contributed by atoms with Crippen LogP contribution in [0.1, 0.15) is 32.8 Å². The number of guanidine groups is 1. The lowest BCUT2D eigenvalue weighted by atomic mass is 9.57. The molecular formula is C20H31FIN3O2. The summed E-state index contributed by atoms with van der Waals surface area (Å²) in [5.41, 5.74) is 0.967. The fourth-order valence-corrected chi connectivity index (χ4v) is 4.34. The highest BCUT2D eigenvalue weighted by Gasteiger charge is 2.59. The van der Waals surface area contributed by atoms with Gasteiger partial charge in [-0.05, 0) is 31.0 Å². The zero-order valence-corrected chi connectivity index (χ0v) is 19.1. The molecule has 1 N–H and O–H groups in total. The van der Waals surface area contributed by atoms with Gasteiger partial charge in [-0.25, -0.2) is 4.39 Å². The molecular weight excluding hydrogens is 460 g/mol. The van der Waals surface area contributed by atoms with E-state index in [1.54, 1.807) is 6.07 Å². The zero-order valence-electron chi connectivity index (χ0n) is 16.8. The Labute approximate surface area is 178 Å². The lowest BCUT2D eigenvalue weighted by Crippen LogP contribution is -2.67. The quantitative estimate of drug-likeness (QED) is 0.388. The number of fused-ring (bicyclic) bond motifs is 1. The van der Waals surface area contributed by atoms with Gasteiger partial charge in [-0.1, -0.05) is 19.9 Å². The summed E-state index contributed by atoms with van der Waals surface area (Å²) in [5, 5.41) is 3.65. The predicted octanol–water partition coefficient (Wildman–Crippen LogP) is 3.66. The third kappa shape index (κ3) is 4.34. The standard InChI is InChI=1S/C20H30FN3O2.HI/c1-6-22-19(23-17-14-9-10-26-18(14)20(17,2)3)24(4)12-13-7-8-16(25-5)15(21)11-13;/h7-8,11,14,17-18H,6,9-10,12H2,1-5H3,(H,22,23);1H. The molecule has 2 aliphatic rings. The van der Waals surface area contributed by atoms with E-state index in [-0.39, 0.29) is 41.0 Å². The summed E-state index contributed by atoms with van der Waals surface area (Å²) < 4.78 is 24.8. The van der Waals surface area contributed by atoms with Gasteiger partial charge in [-0.3, -0.25) is 4.99 Å². The van der Waals surface area contributed by atoms with Crippen molar-refractivity contribution in [2.45, 2.75) is 45.9 Å². The van der Waals surface area contributed by atoms with Gasteiger partial charge in [-0.15, -0.1) is 24.0 Å². The molecule has 1 aliphatic carbocycles. The fraction of sp³-hybridized carbons (Fsp3) is 0.650. The van der Waals surface area contributed by atoms with E-state index in [9.17, 15) is 4.39 Å². The Kier molecular flexibility index (Phi) is 7.35. The van der Waals surface area contributed by atoms with Crippen molar-refractivity contribution in [2.24, 2.45) is 16.3 Å². The second-order valence-corrected chi connectivity index (χ2v) is 7.81. The molecule has 1 heterocycles. The van der Waals surface area contributed by atoms with E-state index in [1.807, 2.05) is 24.9 Å². The Hall–Kier alpha value is -1.09. The van der Waals surface area contributed by atoms with Crippen LogP contribution in [0.5, 0.6) is 5.75 Å². The molecule has 0 aromatic heterocycles. The van der Waals surface area contributed by atoms with Crippen LogP contribution in [0.2, 0.25) is 0 Å². The van der Waals surface area contributed by atoms with Crippen molar-refractivity contribution in [3.8, 4) is 5.75 Å². The monoisotopic (exact) mass is 491 g/mol. The first-order valence-electron chi connectivity index (χ1n) is 9.34. The van der Waals surface area contributed by atoms with Crippen molar-refractivity contribution < 1.29 is 13.9 Å². The highest BCUT2D eigenvalue weighted by Crippen LogP contribution is 2.52. The third-order valence-electron chi connectivity index (χ3n) is 5.69. The molecule has 1 aliphatic heterocycles. The van der Waals surface area contributed by atoms with Crippen molar-refractivity contribution in [1.29, 1.82) is 0 Å². The number of benzene rings is 1. The highest BCUT2D eigenvalue weighted by atomic mass is 127. The van der Waals surface area contributed by atoms with E-state index in [0.29, 0.717) is 31.2 Å². The highest BCUT2D eigenvalue weighted by molar-refractivity contribution is 14.0. The summed E-state index contributed by atoms with van der Waals surface area (Å²) in [4.78, 5) is 6.70. The van der Waals surface area contributed by atoms with Crippen LogP contribution >= 0.6 is 24.0 Å². The van der Waals surface area contributed by atoms with Gasteiger partial charge in [0, 0.05) is 44.1 Å². The smallest absolute Gasteiger partial charge is 0.194 e. The molecule has 1 saturated carbocycles. The summed E-state index contributed by atoms with van der Waals surface area (Å²) in [7, 11) is 3.46. The van der Waals surface area contributed by atoms with Gasteiger partial charge in [0.25, 0.3) is 0 Å². The number of nitrogens with one attached hydrogen (secondary N) is 1. The molecule has 2 fully saturated rings. The summed E-state index contributed by atoms with van der Waals surface area (Å²) in [6.07, 6.45) is 1.43. The van der Waals surface area contributed by atoms with E-state index in [4.69, 9.17) is 9.47 Å². The molecule has 1 saturated heterocycles. The number of rotatable bonds is 5. The van der Waals surface area contributed by atoms with Gasteiger partial charge in [0.1, 0.15) is 0 Å². The number of nitrogens with zero attached hydrogens (tertiary/aromatic N) is 2. The van der Waals surface area contributed by atoms with Gasteiger partial charge < -0.3 is 19.7 Å². The van der Waals surface area contributed by atoms with E-state index >= 15 is 0 Å². The summed E-state index contributed by atoms with van der Waals surface area (Å²) in [5.74, 6) is 1.32. The average Bonchev–Trinajstić information content (AvgIpc) is 3.05. The molecule has 7 heteroatoms. The maximum Gasteiger partial charge on any atom is 0.194 e. The molecule has 3 unspecified atom stereocenters. The molecule has 3 rings (SSSR count). The summed E-state index contributed by atoms with van der Waals surface area (Å²) in [6, 6.07) is 5.41. The summed E-state index contributed by atoms with van der Waals surface area (Å²) >= 11 is 0. The molecule has 0 radical (unpaired) electrons. The lowest BCUT2D eigenvalue weighted by Gasteiger charge is -2.55. The number of aliphatic imine (C=N–C) groups is 1. The molecule has 152 valence electrons. The van der Waals surface area contributed by atoms with E-state index < -0.39 is 0 Å². The van der Waals surface area contributed by atoms with Gasteiger partial charge >= 0.3 is 0 Å². The third-order valence-corrected chi connectivity index (χ3v) is 5.69. The molecule has 27 heavy (non-hydrogen) atoms. The summed E-state index contributed by atoms with van der Waals surface area (Å²) in [6.45, 7) is 8.64. The molecule has 0 spiro atoms. The van der Waals surface area contributed by atoms with Crippen LogP contribution in [0.25, 0.3) is 0 Å². The van der Waals surface area contributed by atoms with E-state index in [2.05, 4.69) is 24.2 Å². The first-order valence-corrected chi connectivity index (χ1v) is 9.34. The maximum atomic E-state index is 14.0. The number of methoxy groups -OCH3 is 1. The molecule has 0 bridgehead atoms. The number of halogens is 2. The zero-order chi connectivity index (χ0) is 18.9. The van der Waals surface area contributed by atoms with Crippen LogP contribution in [0.15, 0.2) is 23.2 Å². The Morgan fingerprint density at radius 1 is 1.44 bits per heavy atom. The normalized spacial score (nSPS) is 25.9. The largest absolute Gasteiger partial charge is 0.494 e. The number of hydrogen-bond acceptors (Lipinski definition) is 3. The Morgan fingerprint density at radius 2 is 2.19 bits per heavy atom. The fourth-order valence-electron chi connectivity index (χ4n) is 4.34. The lowest BCUT2D eigenvalue weighted by molar-refractivity contribution is -0.107. The Morgan fingerprint density at radius 3 is 2.81 bits per heavy atom. The first-order chi connectivity index (χ1) is 12.4. The van der Waals surface area contributed by atoms with Gasteiger partial charge in [0.15, 0.2) is 17.5 Å². The van der Waals surface area contributed by atoms with Crippen molar-refractivity contribution in [2.75, 3.05) is 27.3 Å². The van der Waals surface area contributed by atoms with E-state index in [0.717, 1.165) is 24.6 Å². The Bertz CT molecular complexity index is 683.